The summed E-state index contributed by atoms with van der Waals surface area (Å²) in [4.78, 5) is 4.63. The molecule has 0 aliphatic rings. The summed E-state index contributed by atoms with van der Waals surface area (Å²) in [5.41, 5.74) is 3.61. The van der Waals surface area contributed by atoms with Gasteiger partial charge >= 0.3 is 0 Å². The maximum Gasteiger partial charge on any atom is 0.128 e. The highest BCUT2D eigenvalue weighted by atomic mass is 16.5. The van der Waals surface area contributed by atoms with Crippen LogP contribution in [0, 0.1) is 0 Å². The predicted octanol–water partition coefficient (Wildman–Crippen LogP) is 3.36. The summed E-state index contributed by atoms with van der Waals surface area (Å²) in [6.07, 6.45) is 3.79. The van der Waals surface area contributed by atoms with Gasteiger partial charge in [-0.15, -0.1) is 0 Å². The van der Waals surface area contributed by atoms with E-state index in [1.807, 2.05) is 0 Å². The second-order valence-corrected chi connectivity index (χ2v) is 6.07. The van der Waals surface area contributed by atoms with Crippen LogP contribution in [0.25, 0.3) is 0 Å². The zero-order valence-corrected chi connectivity index (χ0v) is 14.1. The van der Waals surface area contributed by atoms with E-state index in [2.05, 4.69) is 73.4 Å². The van der Waals surface area contributed by atoms with Crippen molar-refractivity contribution in [3.63, 3.8) is 0 Å². The SMILES string of the molecule is CCc1nocc1CN(C)C(CCN(C)C)c1ccccc1. The number of hydrogen-bond acceptors (Lipinski definition) is 4. The monoisotopic (exact) mass is 301 g/mol. The van der Waals surface area contributed by atoms with Crippen molar-refractivity contribution in [3.05, 3.63) is 53.4 Å². The first-order valence-electron chi connectivity index (χ1n) is 7.93. The molecule has 1 unspecified atom stereocenters. The Morgan fingerprint density at radius 1 is 1.14 bits per heavy atom. The Bertz CT molecular complexity index is 550. The topological polar surface area (TPSA) is 32.5 Å². The Morgan fingerprint density at radius 2 is 1.86 bits per heavy atom. The molecule has 0 saturated carbocycles. The van der Waals surface area contributed by atoms with Crippen LogP contribution in [0.15, 0.2) is 41.1 Å². The molecule has 0 spiro atoms. The molecule has 0 amide bonds. The quantitative estimate of drug-likeness (QED) is 0.748. The number of nitrogens with zero attached hydrogens (tertiary/aromatic N) is 3. The normalized spacial score (nSPS) is 13.0. The van der Waals surface area contributed by atoms with E-state index in [-0.39, 0.29) is 0 Å². The molecule has 0 aliphatic heterocycles. The summed E-state index contributed by atoms with van der Waals surface area (Å²) in [7, 11) is 6.42. The Kier molecular flexibility index (Phi) is 6.16. The van der Waals surface area contributed by atoms with E-state index in [0.29, 0.717) is 6.04 Å². The van der Waals surface area contributed by atoms with Gasteiger partial charge in [0.1, 0.15) is 6.26 Å². The molecule has 1 aromatic heterocycles. The van der Waals surface area contributed by atoms with E-state index < -0.39 is 0 Å². The maximum atomic E-state index is 5.14. The van der Waals surface area contributed by atoms with Gasteiger partial charge < -0.3 is 9.42 Å². The van der Waals surface area contributed by atoms with Crippen LogP contribution >= 0.6 is 0 Å². The lowest BCUT2D eigenvalue weighted by atomic mass is 10.0. The number of rotatable bonds is 8. The fraction of sp³-hybridized carbons (Fsp3) is 0.500. The Labute approximate surface area is 133 Å². The molecule has 0 saturated heterocycles. The van der Waals surface area contributed by atoms with Crippen LogP contribution in [-0.2, 0) is 13.0 Å². The lowest BCUT2D eigenvalue weighted by Gasteiger charge is -2.29. The van der Waals surface area contributed by atoms with Gasteiger partial charge in [-0.3, -0.25) is 4.90 Å². The second-order valence-electron chi connectivity index (χ2n) is 6.07. The van der Waals surface area contributed by atoms with Crippen molar-refractivity contribution < 1.29 is 4.52 Å². The standard InChI is InChI=1S/C18H27N3O/c1-5-17-16(14-22-19-17)13-21(4)18(11-12-20(2)3)15-9-7-6-8-10-15/h6-10,14,18H,5,11-13H2,1-4H3. The molecule has 0 aliphatic carbocycles. The minimum absolute atomic E-state index is 0.392. The highest BCUT2D eigenvalue weighted by Gasteiger charge is 2.19. The van der Waals surface area contributed by atoms with Gasteiger partial charge in [-0.2, -0.15) is 0 Å². The molecule has 1 aromatic carbocycles. The molecule has 2 rings (SSSR count). The third kappa shape index (κ3) is 4.42. The summed E-state index contributed by atoms with van der Waals surface area (Å²) in [5.74, 6) is 0. The first kappa shape index (κ1) is 16.7. The van der Waals surface area contributed by atoms with Crippen molar-refractivity contribution in [1.29, 1.82) is 0 Å². The van der Waals surface area contributed by atoms with Crippen molar-refractivity contribution in [2.75, 3.05) is 27.7 Å². The lowest BCUT2D eigenvalue weighted by molar-refractivity contribution is 0.207. The average molecular weight is 301 g/mol. The van der Waals surface area contributed by atoms with Gasteiger partial charge in [0, 0.05) is 18.2 Å². The molecule has 4 heteroatoms. The minimum atomic E-state index is 0.392. The maximum absolute atomic E-state index is 5.14. The molecule has 2 aromatic rings. The molecule has 120 valence electrons. The first-order valence-corrected chi connectivity index (χ1v) is 7.93. The summed E-state index contributed by atoms with van der Waals surface area (Å²) >= 11 is 0. The third-order valence-corrected chi connectivity index (χ3v) is 4.05. The molecule has 0 fully saturated rings. The van der Waals surface area contributed by atoms with Gasteiger partial charge in [-0.25, -0.2) is 0 Å². The fourth-order valence-corrected chi connectivity index (χ4v) is 2.78. The predicted molar refractivity (Wildman–Crippen MR) is 89.7 cm³/mol. The van der Waals surface area contributed by atoms with Crippen LogP contribution in [0.5, 0.6) is 0 Å². The van der Waals surface area contributed by atoms with Crippen LogP contribution in [0.3, 0.4) is 0 Å². The van der Waals surface area contributed by atoms with Crippen molar-refractivity contribution in [2.24, 2.45) is 0 Å². The van der Waals surface area contributed by atoms with Crippen molar-refractivity contribution in [3.8, 4) is 0 Å². The molecule has 22 heavy (non-hydrogen) atoms. The highest BCUT2D eigenvalue weighted by Crippen LogP contribution is 2.25. The van der Waals surface area contributed by atoms with Crippen LogP contribution in [-0.4, -0.2) is 42.6 Å². The van der Waals surface area contributed by atoms with Gasteiger partial charge in [0.15, 0.2) is 0 Å². The van der Waals surface area contributed by atoms with Gasteiger partial charge in [0.05, 0.1) is 5.69 Å². The Morgan fingerprint density at radius 3 is 2.50 bits per heavy atom. The largest absolute Gasteiger partial charge is 0.364 e. The first-order chi connectivity index (χ1) is 10.6. The lowest BCUT2D eigenvalue weighted by Crippen LogP contribution is -2.28. The molecule has 1 atom stereocenters. The van der Waals surface area contributed by atoms with Gasteiger partial charge in [0.2, 0.25) is 0 Å². The smallest absolute Gasteiger partial charge is 0.128 e. The molecular weight excluding hydrogens is 274 g/mol. The molecule has 0 bridgehead atoms. The molecular formula is C18H27N3O. The summed E-state index contributed by atoms with van der Waals surface area (Å²) in [6.45, 7) is 4.04. The van der Waals surface area contributed by atoms with Crippen LogP contribution in [0.1, 0.15) is 36.2 Å². The minimum Gasteiger partial charge on any atom is -0.364 e. The number of aromatic nitrogens is 1. The highest BCUT2D eigenvalue weighted by molar-refractivity contribution is 5.20. The van der Waals surface area contributed by atoms with Crippen LogP contribution in [0.2, 0.25) is 0 Å². The molecule has 0 N–H and O–H groups in total. The van der Waals surface area contributed by atoms with E-state index in [1.54, 1.807) is 6.26 Å². The van der Waals surface area contributed by atoms with Crippen LogP contribution in [0.4, 0.5) is 0 Å². The van der Waals surface area contributed by atoms with E-state index in [9.17, 15) is 0 Å². The van der Waals surface area contributed by atoms with Crippen molar-refractivity contribution >= 4 is 0 Å². The summed E-state index contributed by atoms with van der Waals surface area (Å²) in [6, 6.07) is 11.1. The third-order valence-electron chi connectivity index (χ3n) is 4.05. The molecule has 1 heterocycles. The molecule has 4 nitrogen and oxygen atoms in total. The Balaban J connectivity index is 2.13. The van der Waals surface area contributed by atoms with E-state index >= 15 is 0 Å². The zero-order valence-electron chi connectivity index (χ0n) is 14.1. The number of hydrogen-bond donors (Lipinski definition) is 0. The number of aryl methyl sites for hydroxylation is 1. The molecule has 0 radical (unpaired) electrons. The van der Waals surface area contributed by atoms with Crippen molar-refractivity contribution in [1.82, 2.24) is 15.0 Å². The van der Waals surface area contributed by atoms with Gasteiger partial charge in [-0.05, 0) is 46.1 Å². The Hall–Kier alpha value is -1.65. The van der Waals surface area contributed by atoms with E-state index in [0.717, 1.165) is 31.6 Å². The second kappa shape index (κ2) is 8.11. The zero-order chi connectivity index (χ0) is 15.9. The van der Waals surface area contributed by atoms with Crippen LogP contribution < -0.4 is 0 Å². The van der Waals surface area contributed by atoms with E-state index in [1.165, 1.54) is 11.1 Å². The fourth-order valence-electron chi connectivity index (χ4n) is 2.78. The summed E-state index contributed by atoms with van der Waals surface area (Å²) < 4.78 is 5.14. The average Bonchev–Trinajstić information content (AvgIpc) is 2.95. The van der Waals surface area contributed by atoms with Gasteiger partial charge in [-0.1, -0.05) is 42.4 Å². The summed E-state index contributed by atoms with van der Waals surface area (Å²) in [5, 5.41) is 4.08. The van der Waals surface area contributed by atoms with Crippen molar-refractivity contribution in [2.45, 2.75) is 32.4 Å². The van der Waals surface area contributed by atoms with Gasteiger partial charge in [0.25, 0.3) is 0 Å². The van der Waals surface area contributed by atoms with E-state index in [4.69, 9.17) is 4.52 Å². The number of benzene rings is 1.